The van der Waals surface area contributed by atoms with Crippen LogP contribution in [0.15, 0.2) is 66.7 Å². The molecule has 0 saturated heterocycles. The van der Waals surface area contributed by atoms with E-state index < -0.39 is 6.17 Å². The minimum atomic E-state index is -0.784. The standard InChI is InChI=1S/C27H28I2N2O4/c1-3-4-5-14-35-23-13-12-18(17-24(23)34-2)25(30-26(32)19-8-6-10-21(28)15-19)31-27(33)20-9-7-11-22(29)16-20/h6-13,15-17,25H,3-5,14H2,1-2H3,(H,30,32)(H,31,33). The van der Waals surface area contributed by atoms with Crippen molar-refractivity contribution in [3.05, 3.63) is 90.6 Å². The predicted molar refractivity (Wildman–Crippen MR) is 154 cm³/mol. The minimum absolute atomic E-state index is 0.296. The van der Waals surface area contributed by atoms with Crippen molar-refractivity contribution in [3.8, 4) is 11.5 Å². The van der Waals surface area contributed by atoms with Gasteiger partial charge in [-0.25, -0.2) is 0 Å². The third-order valence-corrected chi connectivity index (χ3v) is 6.59. The summed E-state index contributed by atoms with van der Waals surface area (Å²) in [5, 5.41) is 5.90. The molecule has 2 N–H and O–H groups in total. The molecule has 0 bridgehead atoms. The first-order valence-electron chi connectivity index (χ1n) is 11.3. The lowest BCUT2D eigenvalue weighted by atomic mass is 10.1. The summed E-state index contributed by atoms with van der Waals surface area (Å²) < 4.78 is 13.3. The summed E-state index contributed by atoms with van der Waals surface area (Å²) in [4.78, 5) is 26.1. The molecule has 0 radical (unpaired) electrons. The highest BCUT2D eigenvalue weighted by atomic mass is 127. The number of unbranched alkanes of at least 4 members (excludes halogenated alkanes) is 2. The van der Waals surface area contributed by atoms with E-state index in [0.717, 1.165) is 26.4 Å². The van der Waals surface area contributed by atoms with Crippen molar-refractivity contribution in [1.82, 2.24) is 10.6 Å². The van der Waals surface area contributed by atoms with Crippen molar-refractivity contribution >= 4 is 57.0 Å². The molecule has 0 aliphatic carbocycles. The lowest BCUT2D eigenvalue weighted by Gasteiger charge is -2.22. The monoisotopic (exact) mass is 698 g/mol. The van der Waals surface area contributed by atoms with Gasteiger partial charge in [0.1, 0.15) is 6.17 Å². The van der Waals surface area contributed by atoms with Gasteiger partial charge in [-0.3, -0.25) is 9.59 Å². The predicted octanol–water partition coefficient (Wildman–Crippen LogP) is 6.33. The molecule has 3 aromatic rings. The molecule has 0 unspecified atom stereocenters. The second-order valence-electron chi connectivity index (χ2n) is 7.87. The van der Waals surface area contributed by atoms with Crippen LogP contribution in [-0.2, 0) is 0 Å². The normalized spacial score (nSPS) is 10.7. The van der Waals surface area contributed by atoms with Gasteiger partial charge in [0, 0.05) is 18.3 Å². The average Bonchev–Trinajstić information content (AvgIpc) is 2.86. The third-order valence-electron chi connectivity index (χ3n) is 5.25. The van der Waals surface area contributed by atoms with Gasteiger partial charge in [-0.2, -0.15) is 0 Å². The molecule has 0 saturated carbocycles. The number of ether oxygens (including phenoxy) is 2. The lowest BCUT2D eigenvalue weighted by molar-refractivity contribution is 0.0883. The molecule has 6 nitrogen and oxygen atoms in total. The Kier molecular flexibility index (Phi) is 10.6. The Morgan fingerprint density at radius 1 is 0.829 bits per heavy atom. The third kappa shape index (κ3) is 8.09. The van der Waals surface area contributed by atoms with Crippen molar-refractivity contribution in [3.63, 3.8) is 0 Å². The van der Waals surface area contributed by atoms with Crippen LogP contribution < -0.4 is 20.1 Å². The van der Waals surface area contributed by atoms with Crippen molar-refractivity contribution in [2.24, 2.45) is 0 Å². The Morgan fingerprint density at radius 3 is 1.94 bits per heavy atom. The maximum atomic E-state index is 13.1. The summed E-state index contributed by atoms with van der Waals surface area (Å²) in [6.07, 6.45) is 2.38. The van der Waals surface area contributed by atoms with Crippen LogP contribution in [0, 0.1) is 7.14 Å². The van der Waals surface area contributed by atoms with Gasteiger partial charge in [-0.05, 0) is 106 Å². The van der Waals surface area contributed by atoms with Crippen LogP contribution in [-0.4, -0.2) is 25.5 Å². The van der Waals surface area contributed by atoms with Crippen molar-refractivity contribution < 1.29 is 19.1 Å². The molecule has 35 heavy (non-hydrogen) atoms. The number of nitrogens with one attached hydrogen (secondary N) is 2. The van der Waals surface area contributed by atoms with E-state index in [1.807, 2.05) is 36.4 Å². The fraction of sp³-hybridized carbons (Fsp3) is 0.259. The van der Waals surface area contributed by atoms with Gasteiger partial charge in [0.05, 0.1) is 13.7 Å². The zero-order chi connectivity index (χ0) is 25.2. The van der Waals surface area contributed by atoms with Gasteiger partial charge >= 0.3 is 0 Å². The quantitative estimate of drug-likeness (QED) is 0.140. The molecular weight excluding hydrogens is 670 g/mol. The molecule has 3 rings (SSSR count). The van der Waals surface area contributed by atoms with Gasteiger partial charge < -0.3 is 20.1 Å². The molecule has 0 heterocycles. The van der Waals surface area contributed by atoms with Crippen LogP contribution in [0.1, 0.15) is 58.6 Å². The van der Waals surface area contributed by atoms with Gasteiger partial charge in [-0.15, -0.1) is 0 Å². The van der Waals surface area contributed by atoms with E-state index >= 15 is 0 Å². The van der Waals surface area contributed by atoms with Crippen LogP contribution >= 0.6 is 45.2 Å². The lowest BCUT2D eigenvalue weighted by Crippen LogP contribution is -2.41. The smallest absolute Gasteiger partial charge is 0.253 e. The van der Waals surface area contributed by atoms with E-state index in [4.69, 9.17) is 9.47 Å². The maximum absolute atomic E-state index is 13.1. The van der Waals surface area contributed by atoms with Gasteiger partial charge in [0.15, 0.2) is 11.5 Å². The second kappa shape index (κ2) is 13.7. The van der Waals surface area contributed by atoms with E-state index in [1.54, 1.807) is 37.4 Å². The molecule has 3 aromatic carbocycles. The number of benzene rings is 3. The zero-order valence-corrected chi connectivity index (χ0v) is 24.0. The first-order valence-corrected chi connectivity index (χ1v) is 13.5. The molecule has 0 aromatic heterocycles. The molecule has 0 atom stereocenters. The summed E-state index contributed by atoms with van der Waals surface area (Å²) in [6, 6.07) is 20.0. The number of methoxy groups -OCH3 is 1. The number of amides is 2. The number of hydrogen-bond donors (Lipinski definition) is 2. The van der Waals surface area contributed by atoms with Crippen molar-refractivity contribution in [1.29, 1.82) is 0 Å². The highest BCUT2D eigenvalue weighted by molar-refractivity contribution is 14.1. The summed E-state index contributed by atoms with van der Waals surface area (Å²) in [6.45, 7) is 2.74. The number of halogens is 2. The van der Waals surface area contributed by atoms with Crippen LogP contribution in [0.3, 0.4) is 0 Å². The molecule has 184 valence electrons. The Hall–Kier alpha value is -2.34. The average molecular weight is 698 g/mol. The van der Waals surface area contributed by atoms with Crippen molar-refractivity contribution in [2.45, 2.75) is 32.4 Å². The van der Waals surface area contributed by atoms with Gasteiger partial charge in [-0.1, -0.05) is 38.0 Å². The molecule has 0 fully saturated rings. The summed E-state index contributed by atoms with van der Waals surface area (Å²) in [7, 11) is 1.57. The van der Waals surface area contributed by atoms with Crippen LogP contribution in [0.4, 0.5) is 0 Å². The molecule has 0 aliphatic heterocycles. The summed E-state index contributed by atoms with van der Waals surface area (Å²) >= 11 is 4.33. The maximum Gasteiger partial charge on any atom is 0.253 e. The fourth-order valence-electron chi connectivity index (χ4n) is 3.41. The minimum Gasteiger partial charge on any atom is -0.493 e. The molecular formula is C27H28I2N2O4. The second-order valence-corrected chi connectivity index (χ2v) is 10.4. The van der Waals surface area contributed by atoms with Crippen LogP contribution in [0.2, 0.25) is 0 Å². The van der Waals surface area contributed by atoms with E-state index in [9.17, 15) is 9.59 Å². The molecule has 0 spiro atoms. The highest BCUT2D eigenvalue weighted by Gasteiger charge is 2.21. The fourth-order valence-corrected chi connectivity index (χ4v) is 4.49. The SMILES string of the molecule is CCCCCOc1ccc(C(NC(=O)c2cccc(I)c2)NC(=O)c2cccc(I)c2)cc1OC. The highest BCUT2D eigenvalue weighted by Crippen LogP contribution is 2.30. The van der Waals surface area contributed by atoms with E-state index in [-0.39, 0.29) is 11.8 Å². The first-order chi connectivity index (χ1) is 16.9. The van der Waals surface area contributed by atoms with Gasteiger partial charge in [0.25, 0.3) is 11.8 Å². The number of hydrogen-bond acceptors (Lipinski definition) is 4. The first kappa shape index (κ1) is 27.3. The Bertz CT molecular complexity index is 1110. The largest absolute Gasteiger partial charge is 0.493 e. The number of carbonyl (C=O) groups excluding carboxylic acids is 2. The van der Waals surface area contributed by atoms with Crippen LogP contribution in [0.5, 0.6) is 11.5 Å². The van der Waals surface area contributed by atoms with E-state index in [1.165, 1.54) is 0 Å². The molecule has 2 amide bonds. The zero-order valence-electron chi connectivity index (χ0n) is 19.6. The Labute approximate surface area is 233 Å². The number of carbonyl (C=O) groups is 2. The van der Waals surface area contributed by atoms with Crippen LogP contribution in [0.25, 0.3) is 0 Å². The molecule has 8 heteroatoms. The Balaban J connectivity index is 1.87. The Morgan fingerprint density at radius 2 is 1.43 bits per heavy atom. The number of rotatable bonds is 11. The summed E-state index contributed by atoms with van der Waals surface area (Å²) in [5.41, 5.74) is 1.68. The van der Waals surface area contributed by atoms with Crippen molar-refractivity contribution in [2.75, 3.05) is 13.7 Å². The van der Waals surface area contributed by atoms with Gasteiger partial charge in [0.2, 0.25) is 0 Å². The topological polar surface area (TPSA) is 76.7 Å². The summed E-state index contributed by atoms with van der Waals surface area (Å²) in [5.74, 6) is 0.570. The molecule has 0 aliphatic rings. The van der Waals surface area contributed by atoms with E-state index in [2.05, 4.69) is 62.7 Å². The van der Waals surface area contributed by atoms with E-state index in [0.29, 0.717) is 34.8 Å².